The van der Waals surface area contributed by atoms with Crippen molar-refractivity contribution in [3.63, 3.8) is 0 Å². The largest absolute Gasteiger partial charge is 0.321 e. The highest BCUT2D eigenvalue weighted by molar-refractivity contribution is 6.31. The summed E-state index contributed by atoms with van der Waals surface area (Å²) >= 11 is 5.96. The molecule has 0 bridgehead atoms. The van der Waals surface area contributed by atoms with E-state index in [1.807, 2.05) is 0 Å². The molecule has 0 saturated carbocycles. The molecule has 1 aromatic carbocycles. The zero-order chi connectivity index (χ0) is 11.5. The molecule has 0 fully saturated rings. The summed E-state index contributed by atoms with van der Waals surface area (Å²) in [5, 5.41) is 8.93. The summed E-state index contributed by atoms with van der Waals surface area (Å²) in [6.45, 7) is 1.68. The first kappa shape index (κ1) is 12.0. The van der Waals surface area contributed by atoms with Crippen LogP contribution in [0, 0.1) is 0 Å². The monoisotopic (exact) mass is 228 g/mol. The van der Waals surface area contributed by atoms with Gasteiger partial charge >= 0.3 is 0 Å². The Hall–Kier alpha value is -1.10. The number of hydrogen-bond acceptors (Lipinski definition) is 3. The molecule has 4 N–H and O–H groups in total. The SMILES string of the molecule is C[C@@](N)(CC(=O)NO)c1ccccc1Cl. The predicted octanol–water partition coefficient (Wildman–Crippen LogP) is 1.41. The number of benzene rings is 1. The smallest absolute Gasteiger partial charge is 0.245 e. The van der Waals surface area contributed by atoms with E-state index in [4.69, 9.17) is 22.5 Å². The second-order valence-corrected chi connectivity index (χ2v) is 4.02. The highest BCUT2D eigenvalue weighted by atomic mass is 35.5. The second-order valence-electron chi connectivity index (χ2n) is 3.61. The molecule has 0 aliphatic heterocycles. The third kappa shape index (κ3) is 2.92. The number of amides is 1. The molecule has 0 aliphatic rings. The van der Waals surface area contributed by atoms with Crippen LogP contribution in [0.2, 0.25) is 5.02 Å². The van der Waals surface area contributed by atoms with E-state index in [-0.39, 0.29) is 6.42 Å². The molecular formula is C10H13ClN2O2. The van der Waals surface area contributed by atoms with Crippen molar-refractivity contribution < 1.29 is 10.0 Å². The second kappa shape index (κ2) is 4.61. The average molecular weight is 229 g/mol. The summed E-state index contributed by atoms with van der Waals surface area (Å²) in [6, 6.07) is 7.04. The number of carbonyl (C=O) groups is 1. The Morgan fingerprint density at radius 3 is 2.73 bits per heavy atom. The van der Waals surface area contributed by atoms with Crippen molar-refractivity contribution >= 4 is 17.5 Å². The van der Waals surface area contributed by atoms with Gasteiger partial charge in [0.1, 0.15) is 0 Å². The van der Waals surface area contributed by atoms with Gasteiger partial charge in [-0.1, -0.05) is 29.8 Å². The van der Waals surface area contributed by atoms with Crippen molar-refractivity contribution in [2.45, 2.75) is 18.9 Å². The number of rotatable bonds is 3. The maximum Gasteiger partial charge on any atom is 0.245 e. The lowest BCUT2D eigenvalue weighted by Gasteiger charge is -2.25. The van der Waals surface area contributed by atoms with Gasteiger partial charge in [0.15, 0.2) is 0 Å². The Bertz CT molecular complexity index is 366. The molecule has 4 nitrogen and oxygen atoms in total. The van der Waals surface area contributed by atoms with Gasteiger partial charge < -0.3 is 5.73 Å². The van der Waals surface area contributed by atoms with Crippen molar-refractivity contribution in [3.8, 4) is 0 Å². The van der Waals surface area contributed by atoms with Gasteiger partial charge in [0.05, 0.1) is 6.42 Å². The van der Waals surface area contributed by atoms with Crippen LogP contribution in [0.4, 0.5) is 0 Å². The standard InChI is InChI=1S/C10H13ClN2O2/c1-10(12,6-9(14)13-15)7-4-2-3-5-8(7)11/h2-5,15H,6,12H2,1H3,(H,13,14)/t10-/m1/s1. The molecule has 82 valence electrons. The van der Waals surface area contributed by atoms with Crippen LogP contribution in [0.25, 0.3) is 0 Å². The minimum absolute atomic E-state index is 0.0345. The lowest BCUT2D eigenvalue weighted by molar-refractivity contribution is -0.130. The molecule has 0 aliphatic carbocycles. The van der Waals surface area contributed by atoms with Gasteiger partial charge in [-0.05, 0) is 18.6 Å². The highest BCUT2D eigenvalue weighted by Gasteiger charge is 2.26. The third-order valence-electron chi connectivity index (χ3n) is 2.14. The van der Waals surface area contributed by atoms with Crippen molar-refractivity contribution in [2.24, 2.45) is 5.73 Å². The molecule has 0 saturated heterocycles. The maximum atomic E-state index is 11.0. The fourth-order valence-electron chi connectivity index (χ4n) is 1.39. The van der Waals surface area contributed by atoms with Crippen molar-refractivity contribution in [3.05, 3.63) is 34.9 Å². The summed E-state index contributed by atoms with van der Waals surface area (Å²) in [5.41, 5.74) is 7.29. The topological polar surface area (TPSA) is 75.4 Å². The van der Waals surface area contributed by atoms with Gasteiger partial charge in [-0.15, -0.1) is 0 Å². The molecule has 1 atom stereocenters. The number of nitrogens with two attached hydrogens (primary N) is 1. The van der Waals surface area contributed by atoms with E-state index in [0.29, 0.717) is 10.6 Å². The Morgan fingerprint density at radius 2 is 2.20 bits per heavy atom. The van der Waals surface area contributed by atoms with E-state index in [9.17, 15) is 4.79 Å². The first-order valence-electron chi connectivity index (χ1n) is 4.44. The lowest BCUT2D eigenvalue weighted by atomic mass is 9.89. The molecule has 1 aromatic rings. The van der Waals surface area contributed by atoms with E-state index >= 15 is 0 Å². The van der Waals surface area contributed by atoms with E-state index in [1.54, 1.807) is 36.7 Å². The molecule has 0 unspecified atom stereocenters. The first-order valence-corrected chi connectivity index (χ1v) is 4.82. The van der Waals surface area contributed by atoms with Crippen LogP contribution in [-0.4, -0.2) is 11.1 Å². The molecule has 0 spiro atoms. The molecule has 0 radical (unpaired) electrons. The fourth-order valence-corrected chi connectivity index (χ4v) is 1.74. The third-order valence-corrected chi connectivity index (χ3v) is 2.47. The lowest BCUT2D eigenvalue weighted by Crippen LogP contribution is -2.39. The maximum absolute atomic E-state index is 11.0. The van der Waals surface area contributed by atoms with Gasteiger partial charge in [0.2, 0.25) is 5.91 Å². The summed E-state index contributed by atoms with van der Waals surface area (Å²) in [6.07, 6.45) is -0.0345. The van der Waals surface area contributed by atoms with E-state index in [1.165, 1.54) is 0 Å². The quantitative estimate of drug-likeness (QED) is 0.541. The van der Waals surface area contributed by atoms with Crippen LogP contribution < -0.4 is 11.2 Å². The van der Waals surface area contributed by atoms with E-state index < -0.39 is 11.4 Å². The molecule has 5 heteroatoms. The summed E-state index contributed by atoms with van der Waals surface area (Å²) in [5.74, 6) is -0.542. The summed E-state index contributed by atoms with van der Waals surface area (Å²) < 4.78 is 0. The van der Waals surface area contributed by atoms with Crippen LogP contribution >= 0.6 is 11.6 Å². The molecule has 0 heterocycles. The van der Waals surface area contributed by atoms with Crippen LogP contribution in [0.1, 0.15) is 18.9 Å². The number of carbonyl (C=O) groups excluding carboxylic acids is 1. The van der Waals surface area contributed by atoms with Gasteiger partial charge in [-0.25, -0.2) is 5.48 Å². The van der Waals surface area contributed by atoms with Gasteiger partial charge in [0.25, 0.3) is 0 Å². The number of halogens is 1. The Kier molecular flexibility index (Phi) is 3.68. The molecule has 15 heavy (non-hydrogen) atoms. The van der Waals surface area contributed by atoms with Gasteiger partial charge in [0, 0.05) is 10.6 Å². The predicted molar refractivity (Wildman–Crippen MR) is 57.5 cm³/mol. The van der Waals surface area contributed by atoms with Crippen LogP contribution in [0.15, 0.2) is 24.3 Å². The summed E-state index contributed by atoms with van der Waals surface area (Å²) in [7, 11) is 0. The highest BCUT2D eigenvalue weighted by Crippen LogP contribution is 2.28. The minimum atomic E-state index is -0.898. The number of nitrogens with one attached hydrogen (secondary N) is 1. The van der Waals surface area contributed by atoms with Crippen LogP contribution in [0.5, 0.6) is 0 Å². The number of hydrogen-bond donors (Lipinski definition) is 3. The minimum Gasteiger partial charge on any atom is -0.321 e. The van der Waals surface area contributed by atoms with E-state index in [0.717, 1.165) is 0 Å². The Balaban J connectivity index is 2.95. The van der Waals surface area contributed by atoms with Crippen molar-refractivity contribution in [1.82, 2.24) is 5.48 Å². The molecule has 0 aromatic heterocycles. The van der Waals surface area contributed by atoms with E-state index in [2.05, 4.69) is 0 Å². The normalized spacial score (nSPS) is 14.4. The average Bonchev–Trinajstić information content (AvgIpc) is 2.17. The zero-order valence-corrected chi connectivity index (χ0v) is 9.08. The first-order chi connectivity index (χ1) is 6.97. The van der Waals surface area contributed by atoms with Gasteiger partial charge in [-0.2, -0.15) is 0 Å². The summed E-state index contributed by atoms with van der Waals surface area (Å²) in [4.78, 5) is 11.0. The molecule has 1 amide bonds. The Labute approximate surface area is 93.0 Å². The number of hydroxylamine groups is 1. The fraction of sp³-hybridized carbons (Fsp3) is 0.300. The van der Waals surface area contributed by atoms with Crippen molar-refractivity contribution in [2.75, 3.05) is 0 Å². The van der Waals surface area contributed by atoms with Crippen LogP contribution in [0.3, 0.4) is 0 Å². The van der Waals surface area contributed by atoms with Crippen LogP contribution in [-0.2, 0) is 10.3 Å². The molecular weight excluding hydrogens is 216 g/mol. The Morgan fingerprint density at radius 1 is 1.60 bits per heavy atom. The van der Waals surface area contributed by atoms with Gasteiger partial charge in [-0.3, -0.25) is 10.0 Å². The molecule has 1 rings (SSSR count). The van der Waals surface area contributed by atoms with Crippen molar-refractivity contribution in [1.29, 1.82) is 0 Å². The zero-order valence-electron chi connectivity index (χ0n) is 8.33.